The maximum atomic E-state index is 14.0. The van der Waals surface area contributed by atoms with Crippen molar-refractivity contribution in [3.05, 3.63) is 6.20 Å². The summed E-state index contributed by atoms with van der Waals surface area (Å²) in [5, 5.41) is 5.70. The Balaban J connectivity index is 2.06. The van der Waals surface area contributed by atoms with Crippen molar-refractivity contribution in [2.24, 2.45) is 7.05 Å². The van der Waals surface area contributed by atoms with Crippen molar-refractivity contribution in [2.75, 3.05) is 23.7 Å². The van der Waals surface area contributed by atoms with Crippen LogP contribution in [0.2, 0.25) is 0 Å². The Bertz CT molecular complexity index is 525. The van der Waals surface area contributed by atoms with Crippen LogP contribution in [0, 0.1) is 0 Å². The van der Waals surface area contributed by atoms with Gasteiger partial charge in [-0.2, -0.15) is 18.3 Å². The number of nitrogens with one attached hydrogen (secondary N) is 1. The molecule has 1 aliphatic heterocycles. The molecular weight excluding hydrogens is 306 g/mol. The number of hydrogen-bond acceptors (Lipinski definition) is 4. The summed E-state index contributed by atoms with van der Waals surface area (Å²) in [4.78, 5) is 12.7. The van der Waals surface area contributed by atoms with E-state index < -0.39 is 24.3 Å². The van der Waals surface area contributed by atoms with Crippen LogP contribution < -0.4 is 16.0 Å². The number of aromatic nitrogens is 2. The van der Waals surface area contributed by atoms with Gasteiger partial charge in [0.05, 0.1) is 17.9 Å². The Morgan fingerprint density at radius 3 is 2.59 bits per heavy atom. The number of nitrogens with two attached hydrogens (primary N) is 1. The summed E-state index contributed by atoms with van der Waals surface area (Å²) in [5.41, 5.74) is 6.21. The molecule has 1 aliphatic rings. The van der Waals surface area contributed by atoms with Crippen LogP contribution in [0.25, 0.3) is 0 Å². The highest BCUT2D eigenvalue weighted by molar-refractivity contribution is 5.82. The average Bonchev–Trinajstić information content (AvgIpc) is 2.64. The largest absolute Gasteiger partial charge is 0.471 e. The molecular formula is C12H17F4N5O. The molecule has 22 heavy (non-hydrogen) atoms. The number of rotatable bonds is 2. The number of nitrogen functional groups attached to an aromatic ring is 1. The lowest BCUT2D eigenvalue weighted by molar-refractivity contribution is -0.174. The third-order valence-electron chi connectivity index (χ3n) is 3.63. The van der Waals surface area contributed by atoms with Gasteiger partial charge in [-0.15, -0.1) is 0 Å². The van der Waals surface area contributed by atoms with E-state index in [1.807, 2.05) is 0 Å². The monoisotopic (exact) mass is 323 g/mol. The van der Waals surface area contributed by atoms with Gasteiger partial charge in [0.15, 0.2) is 0 Å². The molecule has 0 saturated carbocycles. The van der Waals surface area contributed by atoms with Crippen LogP contribution in [0.1, 0.15) is 12.8 Å². The lowest BCUT2D eigenvalue weighted by Gasteiger charge is -2.23. The number of nitrogens with zero attached hydrogens (tertiary/aromatic N) is 3. The van der Waals surface area contributed by atoms with Gasteiger partial charge in [-0.1, -0.05) is 0 Å². The minimum Gasteiger partial charge on any atom is -0.394 e. The van der Waals surface area contributed by atoms with Gasteiger partial charge in [-0.25, -0.2) is 4.39 Å². The van der Waals surface area contributed by atoms with E-state index in [0.717, 1.165) is 0 Å². The number of hydrogen-bond donors (Lipinski definition) is 2. The van der Waals surface area contributed by atoms with Crippen molar-refractivity contribution >= 4 is 17.4 Å². The second-order valence-corrected chi connectivity index (χ2v) is 5.21. The molecule has 2 atom stereocenters. The van der Waals surface area contributed by atoms with E-state index in [9.17, 15) is 22.4 Å². The normalized spacial score (nSPS) is 23.2. The van der Waals surface area contributed by atoms with Crippen LogP contribution in [0.15, 0.2) is 6.20 Å². The summed E-state index contributed by atoms with van der Waals surface area (Å²) in [6, 6.07) is -1.17. The molecule has 0 aromatic carbocycles. The Hall–Kier alpha value is -2.00. The first kappa shape index (κ1) is 16.4. The predicted octanol–water partition coefficient (Wildman–Crippen LogP) is 0.988. The van der Waals surface area contributed by atoms with Gasteiger partial charge in [0.25, 0.3) is 0 Å². The fourth-order valence-corrected chi connectivity index (χ4v) is 2.53. The van der Waals surface area contributed by atoms with Crippen LogP contribution in [0.3, 0.4) is 0 Å². The highest BCUT2D eigenvalue weighted by Gasteiger charge is 2.41. The summed E-state index contributed by atoms with van der Waals surface area (Å²) < 4.78 is 52.3. The zero-order chi connectivity index (χ0) is 16.5. The summed E-state index contributed by atoms with van der Waals surface area (Å²) in [6.45, 7) is 0.552. The van der Waals surface area contributed by atoms with Gasteiger partial charge in [0.2, 0.25) is 0 Å². The highest BCUT2D eigenvalue weighted by Crippen LogP contribution is 2.26. The number of carbonyl (C=O) groups is 1. The standard InChI is InChI=1S/C12H17F4N5O/c1-20-10(8(17)6-18-20)21-4-2-7(13)9(3-5-21)19-11(22)12(14,15)16/h6-7,9H,2-5,17H2,1H3,(H,19,22)/t7-,9-/m0/s1. The molecule has 2 rings (SSSR count). The van der Waals surface area contributed by atoms with Crippen molar-refractivity contribution in [1.29, 1.82) is 0 Å². The van der Waals surface area contributed by atoms with Gasteiger partial charge in [0.1, 0.15) is 12.0 Å². The Morgan fingerprint density at radius 2 is 2.05 bits per heavy atom. The molecule has 0 spiro atoms. The zero-order valence-corrected chi connectivity index (χ0v) is 11.9. The van der Waals surface area contributed by atoms with Gasteiger partial charge < -0.3 is 16.0 Å². The smallest absolute Gasteiger partial charge is 0.394 e. The quantitative estimate of drug-likeness (QED) is 0.796. The van der Waals surface area contributed by atoms with Crippen LogP contribution in [0.4, 0.5) is 29.1 Å². The minimum atomic E-state index is -5.02. The number of halogens is 4. The molecule has 0 bridgehead atoms. The molecule has 0 radical (unpaired) electrons. The Labute approximate surface area is 124 Å². The molecule has 124 valence electrons. The Kier molecular flexibility index (Phi) is 4.47. The van der Waals surface area contributed by atoms with E-state index in [0.29, 0.717) is 11.5 Å². The first-order chi connectivity index (χ1) is 10.2. The van der Waals surface area contributed by atoms with Gasteiger partial charge in [-0.3, -0.25) is 9.48 Å². The first-order valence-corrected chi connectivity index (χ1v) is 6.74. The second kappa shape index (κ2) is 6.01. The van der Waals surface area contributed by atoms with E-state index in [4.69, 9.17) is 5.73 Å². The van der Waals surface area contributed by atoms with E-state index in [1.54, 1.807) is 17.3 Å². The number of alkyl halides is 4. The molecule has 10 heteroatoms. The van der Waals surface area contributed by atoms with Crippen molar-refractivity contribution in [3.63, 3.8) is 0 Å². The molecule has 1 fully saturated rings. The number of anilines is 2. The van der Waals surface area contributed by atoms with Crippen LogP contribution >= 0.6 is 0 Å². The highest BCUT2D eigenvalue weighted by atomic mass is 19.4. The Morgan fingerprint density at radius 1 is 1.41 bits per heavy atom. The van der Waals surface area contributed by atoms with Crippen LogP contribution in [-0.4, -0.2) is 47.2 Å². The molecule has 2 heterocycles. The fraction of sp³-hybridized carbons (Fsp3) is 0.667. The first-order valence-electron chi connectivity index (χ1n) is 6.74. The molecule has 3 N–H and O–H groups in total. The summed E-state index contributed by atoms with van der Waals surface area (Å²) >= 11 is 0. The van der Waals surface area contributed by atoms with E-state index in [-0.39, 0.29) is 25.9 Å². The molecule has 1 aromatic rings. The van der Waals surface area contributed by atoms with Crippen molar-refractivity contribution in [1.82, 2.24) is 15.1 Å². The zero-order valence-electron chi connectivity index (χ0n) is 11.9. The molecule has 1 aromatic heterocycles. The second-order valence-electron chi connectivity index (χ2n) is 5.21. The van der Waals surface area contributed by atoms with Gasteiger partial charge in [0, 0.05) is 20.1 Å². The molecule has 0 aliphatic carbocycles. The summed E-state index contributed by atoms with van der Waals surface area (Å²) in [7, 11) is 1.67. The summed E-state index contributed by atoms with van der Waals surface area (Å²) in [6.07, 6.45) is -5.07. The van der Waals surface area contributed by atoms with Crippen LogP contribution in [-0.2, 0) is 11.8 Å². The SMILES string of the molecule is Cn1ncc(N)c1N1CC[C@H](NC(=O)C(F)(F)F)[C@@H](F)CC1. The molecule has 1 saturated heterocycles. The fourth-order valence-electron chi connectivity index (χ4n) is 2.53. The lowest BCUT2D eigenvalue weighted by atomic mass is 10.1. The molecule has 0 unspecified atom stereocenters. The van der Waals surface area contributed by atoms with Crippen molar-refractivity contribution in [2.45, 2.75) is 31.2 Å². The van der Waals surface area contributed by atoms with E-state index >= 15 is 0 Å². The van der Waals surface area contributed by atoms with E-state index in [1.165, 1.54) is 10.9 Å². The molecule has 1 amide bonds. The third kappa shape index (κ3) is 3.42. The predicted molar refractivity (Wildman–Crippen MR) is 71.9 cm³/mol. The van der Waals surface area contributed by atoms with Crippen LogP contribution in [0.5, 0.6) is 0 Å². The van der Waals surface area contributed by atoms with Gasteiger partial charge in [-0.05, 0) is 12.8 Å². The number of amides is 1. The minimum absolute atomic E-state index is 0.00652. The molecule has 6 nitrogen and oxygen atoms in total. The third-order valence-corrected chi connectivity index (χ3v) is 3.63. The summed E-state index contributed by atoms with van der Waals surface area (Å²) in [5.74, 6) is -1.52. The average molecular weight is 323 g/mol. The van der Waals surface area contributed by atoms with E-state index in [2.05, 4.69) is 5.10 Å². The maximum Gasteiger partial charge on any atom is 0.471 e. The maximum absolute atomic E-state index is 14.0. The number of carbonyl (C=O) groups excluding carboxylic acids is 1. The van der Waals surface area contributed by atoms with Gasteiger partial charge >= 0.3 is 12.1 Å². The lowest BCUT2D eigenvalue weighted by Crippen LogP contribution is -2.47. The topological polar surface area (TPSA) is 76.2 Å². The van der Waals surface area contributed by atoms with Crippen molar-refractivity contribution < 1.29 is 22.4 Å². The van der Waals surface area contributed by atoms with Crippen molar-refractivity contribution in [3.8, 4) is 0 Å². The number of aryl methyl sites for hydroxylation is 1.